The zero-order valence-electron chi connectivity index (χ0n) is 9.63. The SMILES string of the molecule is CC(C)C(C)(CO)Cc1cccc(Br)c1. The van der Waals surface area contributed by atoms with E-state index in [1.165, 1.54) is 5.56 Å². The van der Waals surface area contributed by atoms with E-state index in [1.807, 2.05) is 12.1 Å². The molecule has 1 rings (SSSR count). The van der Waals surface area contributed by atoms with Gasteiger partial charge in [-0.15, -0.1) is 0 Å². The highest BCUT2D eigenvalue weighted by Crippen LogP contribution is 2.31. The molecule has 0 aliphatic carbocycles. The Labute approximate surface area is 101 Å². The molecule has 1 nitrogen and oxygen atoms in total. The van der Waals surface area contributed by atoms with Crippen LogP contribution in [0.1, 0.15) is 26.3 Å². The van der Waals surface area contributed by atoms with Crippen LogP contribution in [0.25, 0.3) is 0 Å². The summed E-state index contributed by atoms with van der Waals surface area (Å²) in [5.41, 5.74) is 1.25. The molecule has 1 unspecified atom stereocenters. The first-order valence-corrected chi connectivity index (χ1v) is 6.12. The Morgan fingerprint density at radius 1 is 1.40 bits per heavy atom. The summed E-state index contributed by atoms with van der Waals surface area (Å²) in [6.45, 7) is 6.69. The van der Waals surface area contributed by atoms with E-state index in [4.69, 9.17) is 0 Å². The largest absolute Gasteiger partial charge is 0.396 e. The quantitative estimate of drug-likeness (QED) is 0.886. The first-order valence-electron chi connectivity index (χ1n) is 5.33. The number of benzene rings is 1. The zero-order chi connectivity index (χ0) is 11.5. The number of rotatable bonds is 4. The number of aliphatic hydroxyl groups is 1. The second kappa shape index (κ2) is 5.13. The van der Waals surface area contributed by atoms with Crippen molar-refractivity contribution in [3.63, 3.8) is 0 Å². The minimum atomic E-state index is -0.0270. The van der Waals surface area contributed by atoms with Gasteiger partial charge in [0.15, 0.2) is 0 Å². The van der Waals surface area contributed by atoms with Crippen molar-refractivity contribution in [2.75, 3.05) is 6.61 Å². The number of hydrogen-bond acceptors (Lipinski definition) is 1. The highest BCUT2D eigenvalue weighted by Gasteiger charge is 2.27. The van der Waals surface area contributed by atoms with Gasteiger partial charge in [0.2, 0.25) is 0 Å². The molecule has 1 aromatic carbocycles. The maximum Gasteiger partial charge on any atom is 0.0490 e. The van der Waals surface area contributed by atoms with Gasteiger partial charge in [-0.2, -0.15) is 0 Å². The molecular formula is C13H19BrO. The van der Waals surface area contributed by atoms with Crippen LogP contribution in [-0.4, -0.2) is 11.7 Å². The van der Waals surface area contributed by atoms with Gasteiger partial charge in [0.1, 0.15) is 0 Å². The fourth-order valence-corrected chi connectivity index (χ4v) is 2.00. The minimum absolute atomic E-state index is 0.0270. The Balaban J connectivity index is 2.84. The van der Waals surface area contributed by atoms with Crippen molar-refractivity contribution in [2.45, 2.75) is 27.2 Å². The summed E-state index contributed by atoms with van der Waals surface area (Å²) in [4.78, 5) is 0. The second-order valence-electron chi connectivity index (χ2n) is 4.77. The van der Waals surface area contributed by atoms with E-state index < -0.39 is 0 Å². The van der Waals surface area contributed by atoms with E-state index in [2.05, 4.69) is 48.8 Å². The van der Waals surface area contributed by atoms with E-state index in [9.17, 15) is 5.11 Å². The third-order valence-electron chi connectivity index (χ3n) is 3.25. The molecule has 0 saturated carbocycles. The second-order valence-corrected chi connectivity index (χ2v) is 5.69. The molecule has 15 heavy (non-hydrogen) atoms. The smallest absolute Gasteiger partial charge is 0.0490 e. The normalized spacial score (nSPS) is 15.3. The van der Waals surface area contributed by atoms with Gasteiger partial charge in [-0.25, -0.2) is 0 Å². The van der Waals surface area contributed by atoms with Crippen molar-refractivity contribution in [1.29, 1.82) is 0 Å². The molecule has 0 aliphatic rings. The Hall–Kier alpha value is -0.340. The average Bonchev–Trinajstić information content (AvgIpc) is 2.17. The molecule has 0 aromatic heterocycles. The predicted molar refractivity (Wildman–Crippen MR) is 67.9 cm³/mol. The van der Waals surface area contributed by atoms with Crippen LogP contribution < -0.4 is 0 Å². The molecule has 0 heterocycles. The van der Waals surface area contributed by atoms with Gasteiger partial charge < -0.3 is 5.11 Å². The van der Waals surface area contributed by atoms with Gasteiger partial charge in [0.05, 0.1) is 0 Å². The molecular weight excluding hydrogens is 252 g/mol. The lowest BCUT2D eigenvalue weighted by atomic mass is 9.75. The molecule has 1 aromatic rings. The van der Waals surface area contributed by atoms with Crippen LogP contribution >= 0.6 is 15.9 Å². The predicted octanol–water partition coefficient (Wildman–Crippen LogP) is 3.65. The molecule has 0 spiro atoms. The van der Waals surface area contributed by atoms with Crippen LogP contribution in [0.5, 0.6) is 0 Å². The molecule has 0 aliphatic heterocycles. The van der Waals surface area contributed by atoms with Crippen LogP contribution in [0.4, 0.5) is 0 Å². The monoisotopic (exact) mass is 270 g/mol. The summed E-state index contributed by atoms with van der Waals surface area (Å²) in [6, 6.07) is 8.30. The summed E-state index contributed by atoms with van der Waals surface area (Å²) >= 11 is 3.47. The van der Waals surface area contributed by atoms with Gasteiger partial charge in [0, 0.05) is 11.1 Å². The lowest BCUT2D eigenvalue weighted by Gasteiger charge is -2.31. The van der Waals surface area contributed by atoms with Gasteiger partial charge in [0.25, 0.3) is 0 Å². The molecule has 2 heteroatoms. The fraction of sp³-hybridized carbons (Fsp3) is 0.538. The van der Waals surface area contributed by atoms with E-state index in [0.717, 1.165) is 10.9 Å². The van der Waals surface area contributed by atoms with E-state index in [0.29, 0.717) is 5.92 Å². The Morgan fingerprint density at radius 2 is 2.07 bits per heavy atom. The molecule has 1 atom stereocenters. The van der Waals surface area contributed by atoms with Crippen molar-refractivity contribution >= 4 is 15.9 Å². The van der Waals surface area contributed by atoms with Crippen LogP contribution in [-0.2, 0) is 6.42 Å². The average molecular weight is 271 g/mol. The summed E-state index contributed by atoms with van der Waals surface area (Å²) < 4.78 is 1.10. The minimum Gasteiger partial charge on any atom is -0.396 e. The molecule has 84 valence electrons. The van der Waals surface area contributed by atoms with Crippen molar-refractivity contribution in [1.82, 2.24) is 0 Å². The lowest BCUT2D eigenvalue weighted by molar-refractivity contribution is 0.0947. The maximum absolute atomic E-state index is 9.47. The molecule has 1 N–H and O–H groups in total. The van der Waals surface area contributed by atoms with Gasteiger partial charge in [-0.3, -0.25) is 0 Å². The molecule has 0 radical (unpaired) electrons. The Bertz CT molecular complexity index is 322. The number of hydrogen-bond donors (Lipinski definition) is 1. The van der Waals surface area contributed by atoms with Crippen LogP contribution in [0.3, 0.4) is 0 Å². The van der Waals surface area contributed by atoms with E-state index >= 15 is 0 Å². The molecule has 0 amide bonds. The summed E-state index contributed by atoms with van der Waals surface area (Å²) in [5.74, 6) is 0.474. The Kier molecular flexibility index (Phi) is 4.35. The zero-order valence-corrected chi connectivity index (χ0v) is 11.2. The van der Waals surface area contributed by atoms with Crippen molar-refractivity contribution in [3.05, 3.63) is 34.3 Å². The van der Waals surface area contributed by atoms with Crippen LogP contribution in [0, 0.1) is 11.3 Å². The standard InChI is InChI=1S/C13H19BrO/c1-10(2)13(3,9-15)8-11-5-4-6-12(14)7-11/h4-7,10,15H,8-9H2,1-3H3. The number of halogens is 1. The Morgan fingerprint density at radius 3 is 2.53 bits per heavy atom. The number of aliphatic hydroxyl groups excluding tert-OH is 1. The third-order valence-corrected chi connectivity index (χ3v) is 3.75. The third kappa shape index (κ3) is 3.32. The van der Waals surface area contributed by atoms with E-state index in [-0.39, 0.29) is 12.0 Å². The van der Waals surface area contributed by atoms with Gasteiger partial charge in [-0.1, -0.05) is 48.8 Å². The topological polar surface area (TPSA) is 20.2 Å². The van der Waals surface area contributed by atoms with Crippen molar-refractivity contribution in [2.24, 2.45) is 11.3 Å². The summed E-state index contributed by atoms with van der Waals surface area (Å²) in [7, 11) is 0. The van der Waals surface area contributed by atoms with E-state index in [1.54, 1.807) is 0 Å². The van der Waals surface area contributed by atoms with Crippen molar-refractivity contribution in [3.8, 4) is 0 Å². The highest BCUT2D eigenvalue weighted by molar-refractivity contribution is 9.10. The first kappa shape index (κ1) is 12.7. The van der Waals surface area contributed by atoms with Crippen LogP contribution in [0.2, 0.25) is 0 Å². The van der Waals surface area contributed by atoms with Gasteiger partial charge in [-0.05, 0) is 35.4 Å². The summed E-state index contributed by atoms with van der Waals surface area (Å²) in [5, 5.41) is 9.47. The van der Waals surface area contributed by atoms with Crippen molar-refractivity contribution < 1.29 is 5.11 Å². The molecule has 0 bridgehead atoms. The summed E-state index contributed by atoms with van der Waals surface area (Å²) in [6.07, 6.45) is 0.917. The fourth-order valence-electron chi connectivity index (χ4n) is 1.56. The highest BCUT2D eigenvalue weighted by atomic mass is 79.9. The first-order chi connectivity index (χ1) is 6.98. The molecule has 0 fully saturated rings. The molecule has 0 saturated heterocycles. The lowest BCUT2D eigenvalue weighted by Crippen LogP contribution is -2.30. The van der Waals surface area contributed by atoms with Crippen LogP contribution in [0.15, 0.2) is 28.7 Å². The van der Waals surface area contributed by atoms with Gasteiger partial charge >= 0.3 is 0 Å². The maximum atomic E-state index is 9.47.